The summed E-state index contributed by atoms with van der Waals surface area (Å²) in [6.45, 7) is 7.26. The lowest BCUT2D eigenvalue weighted by Crippen LogP contribution is -2.47. The molecule has 2 unspecified atom stereocenters. The van der Waals surface area contributed by atoms with E-state index in [1.54, 1.807) is 0 Å². The molecule has 3 N–H and O–H groups in total. The van der Waals surface area contributed by atoms with Gasteiger partial charge in [-0.3, -0.25) is 9.88 Å². The maximum Gasteiger partial charge on any atom is 0.0676 e. The summed E-state index contributed by atoms with van der Waals surface area (Å²) in [4.78, 5) is 6.83. The van der Waals surface area contributed by atoms with Gasteiger partial charge in [0.2, 0.25) is 0 Å². The molecule has 1 aromatic rings. The van der Waals surface area contributed by atoms with Crippen molar-refractivity contribution in [2.45, 2.75) is 58.2 Å². The van der Waals surface area contributed by atoms with Crippen LogP contribution >= 0.6 is 0 Å². The Kier molecular flexibility index (Phi) is 7.73. The zero-order valence-electron chi connectivity index (χ0n) is 13.0. The quantitative estimate of drug-likeness (QED) is 0.728. The highest BCUT2D eigenvalue weighted by atomic mass is 16.3. The molecule has 1 rings (SSSR count). The second kappa shape index (κ2) is 9.06. The number of aliphatic hydroxyl groups excluding tert-OH is 1. The molecule has 0 aliphatic rings. The number of hydrogen-bond acceptors (Lipinski definition) is 4. The zero-order valence-corrected chi connectivity index (χ0v) is 13.0. The van der Waals surface area contributed by atoms with Crippen LogP contribution in [0, 0.1) is 0 Å². The number of rotatable bonds is 9. The molecular weight excluding hydrogens is 250 g/mol. The Balaban J connectivity index is 3.11. The molecule has 1 aromatic heterocycles. The van der Waals surface area contributed by atoms with Crippen LogP contribution in [0.3, 0.4) is 0 Å². The number of pyridine rings is 1. The number of hydrogen-bond donors (Lipinski definition) is 2. The van der Waals surface area contributed by atoms with Crippen LogP contribution in [0.1, 0.15) is 51.8 Å². The Morgan fingerprint density at radius 2 is 1.90 bits per heavy atom. The lowest BCUT2D eigenvalue weighted by molar-refractivity contribution is 0.0793. The maximum atomic E-state index is 9.42. The van der Waals surface area contributed by atoms with Crippen molar-refractivity contribution in [1.82, 2.24) is 9.88 Å². The molecule has 20 heavy (non-hydrogen) atoms. The topological polar surface area (TPSA) is 62.4 Å². The molecule has 2 atom stereocenters. The molecule has 0 spiro atoms. The van der Waals surface area contributed by atoms with Crippen LogP contribution in [0.15, 0.2) is 24.4 Å². The molecule has 1 heterocycles. The molecule has 4 nitrogen and oxygen atoms in total. The number of aromatic nitrogens is 1. The minimum Gasteiger partial charge on any atom is -0.395 e. The van der Waals surface area contributed by atoms with Gasteiger partial charge in [-0.05, 0) is 31.4 Å². The molecule has 0 saturated heterocycles. The van der Waals surface area contributed by atoms with E-state index in [0.29, 0.717) is 12.6 Å². The van der Waals surface area contributed by atoms with E-state index in [9.17, 15) is 5.11 Å². The smallest absolute Gasteiger partial charge is 0.0676 e. The van der Waals surface area contributed by atoms with Crippen LogP contribution in [0.4, 0.5) is 0 Å². The Labute approximate surface area is 123 Å². The monoisotopic (exact) mass is 279 g/mol. The lowest BCUT2D eigenvalue weighted by Gasteiger charge is -2.39. The highest BCUT2D eigenvalue weighted by Gasteiger charge is 2.30. The molecule has 0 saturated carbocycles. The van der Waals surface area contributed by atoms with E-state index in [1.807, 2.05) is 24.4 Å². The standard InChI is InChI=1S/C16H29N3O/c1-4-13(5-2)19(11-12-20)16(14(17)6-3)15-9-7-8-10-18-15/h7-10,13-14,16,20H,4-6,11-12,17H2,1-3H3. The predicted octanol–water partition coefficient (Wildman–Crippen LogP) is 2.34. The van der Waals surface area contributed by atoms with E-state index in [0.717, 1.165) is 25.0 Å². The first kappa shape index (κ1) is 17.1. The van der Waals surface area contributed by atoms with Gasteiger partial charge in [-0.15, -0.1) is 0 Å². The summed E-state index contributed by atoms with van der Waals surface area (Å²) in [7, 11) is 0. The second-order valence-corrected chi connectivity index (χ2v) is 5.20. The average Bonchev–Trinajstić information content (AvgIpc) is 2.49. The van der Waals surface area contributed by atoms with Gasteiger partial charge in [-0.2, -0.15) is 0 Å². The molecule has 4 heteroatoms. The first-order valence-corrected chi connectivity index (χ1v) is 7.72. The fourth-order valence-electron chi connectivity index (χ4n) is 2.83. The van der Waals surface area contributed by atoms with E-state index in [2.05, 4.69) is 30.7 Å². The zero-order chi connectivity index (χ0) is 15.0. The highest BCUT2D eigenvalue weighted by molar-refractivity contribution is 5.12. The largest absolute Gasteiger partial charge is 0.395 e. The Morgan fingerprint density at radius 3 is 2.35 bits per heavy atom. The average molecular weight is 279 g/mol. The molecule has 0 aliphatic carbocycles. The van der Waals surface area contributed by atoms with Gasteiger partial charge >= 0.3 is 0 Å². The normalized spacial score (nSPS) is 14.8. The second-order valence-electron chi connectivity index (χ2n) is 5.20. The lowest BCUT2D eigenvalue weighted by atomic mass is 9.97. The van der Waals surface area contributed by atoms with Gasteiger partial charge in [0.05, 0.1) is 18.3 Å². The molecule has 0 bridgehead atoms. The van der Waals surface area contributed by atoms with Gasteiger partial charge < -0.3 is 10.8 Å². The van der Waals surface area contributed by atoms with E-state index >= 15 is 0 Å². The number of nitrogens with two attached hydrogens (primary N) is 1. The van der Waals surface area contributed by atoms with Crippen molar-refractivity contribution in [2.24, 2.45) is 5.73 Å². The van der Waals surface area contributed by atoms with E-state index in [-0.39, 0.29) is 18.7 Å². The Bertz CT molecular complexity index is 354. The summed E-state index contributed by atoms with van der Waals surface area (Å²) in [5.41, 5.74) is 7.37. The van der Waals surface area contributed by atoms with Gasteiger partial charge in [0, 0.05) is 24.8 Å². The van der Waals surface area contributed by atoms with Gasteiger partial charge in [-0.25, -0.2) is 0 Å². The van der Waals surface area contributed by atoms with Crippen LogP contribution in [-0.2, 0) is 0 Å². The van der Waals surface area contributed by atoms with Crippen molar-refractivity contribution in [1.29, 1.82) is 0 Å². The van der Waals surface area contributed by atoms with Crippen molar-refractivity contribution < 1.29 is 5.11 Å². The molecule has 114 valence electrons. The van der Waals surface area contributed by atoms with E-state index < -0.39 is 0 Å². The van der Waals surface area contributed by atoms with Gasteiger partial charge in [0.15, 0.2) is 0 Å². The summed E-state index contributed by atoms with van der Waals surface area (Å²) < 4.78 is 0. The van der Waals surface area contributed by atoms with Crippen molar-refractivity contribution in [2.75, 3.05) is 13.2 Å². The molecule has 0 aliphatic heterocycles. The van der Waals surface area contributed by atoms with E-state index in [4.69, 9.17) is 5.73 Å². The summed E-state index contributed by atoms with van der Waals surface area (Å²) in [5, 5.41) is 9.42. The molecule has 0 fully saturated rings. The first-order valence-electron chi connectivity index (χ1n) is 7.72. The van der Waals surface area contributed by atoms with Gasteiger partial charge in [0.25, 0.3) is 0 Å². The van der Waals surface area contributed by atoms with Crippen LogP contribution in [0.25, 0.3) is 0 Å². The minimum atomic E-state index is 0.0250. The van der Waals surface area contributed by atoms with Crippen LogP contribution in [-0.4, -0.2) is 40.2 Å². The first-order chi connectivity index (χ1) is 9.69. The summed E-state index contributed by atoms with van der Waals surface area (Å²) in [6.07, 6.45) is 4.81. The van der Waals surface area contributed by atoms with E-state index in [1.165, 1.54) is 0 Å². The SMILES string of the molecule is CCC(N)C(c1ccccn1)N(CCO)C(CC)CC. The molecule has 0 radical (unpaired) electrons. The summed E-state index contributed by atoms with van der Waals surface area (Å²) >= 11 is 0. The number of aliphatic hydroxyl groups is 1. The third-order valence-corrected chi connectivity index (χ3v) is 3.99. The third kappa shape index (κ3) is 4.27. The van der Waals surface area contributed by atoms with Gasteiger partial charge in [0.1, 0.15) is 0 Å². The fraction of sp³-hybridized carbons (Fsp3) is 0.688. The van der Waals surface area contributed by atoms with Gasteiger partial charge in [-0.1, -0.05) is 26.8 Å². The number of nitrogens with zero attached hydrogens (tertiary/aromatic N) is 2. The summed E-state index contributed by atoms with van der Waals surface area (Å²) in [6, 6.07) is 6.47. The maximum absolute atomic E-state index is 9.42. The van der Waals surface area contributed by atoms with Crippen LogP contribution in [0.2, 0.25) is 0 Å². The van der Waals surface area contributed by atoms with Crippen molar-refractivity contribution >= 4 is 0 Å². The minimum absolute atomic E-state index is 0.0250. The molecular formula is C16H29N3O. The summed E-state index contributed by atoms with van der Waals surface area (Å²) in [5.74, 6) is 0. The highest BCUT2D eigenvalue weighted by Crippen LogP contribution is 2.27. The van der Waals surface area contributed by atoms with Crippen LogP contribution in [0.5, 0.6) is 0 Å². The van der Waals surface area contributed by atoms with Crippen molar-refractivity contribution in [3.63, 3.8) is 0 Å². The van der Waals surface area contributed by atoms with Crippen molar-refractivity contribution in [3.05, 3.63) is 30.1 Å². The van der Waals surface area contributed by atoms with Crippen molar-refractivity contribution in [3.8, 4) is 0 Å². The Hall–Kier alpha value is -0.970. The molecule has 0 amide bonds. The fourth-order valence-corrected chi connectivity index (χ4v) is 2.83. The molecule has 0 aromatic carbocycles. The predicted molar refractivity (Wildman–Crippen MR) is 83.4 cm³/mol. The third-order valence-electron chi connectivity index (χ3n) is 3.99. The van der Waals surface area contributed by atoms with Crippen LogP contribution < -0.4 is 5.73 Å². The Morgan fingerprint density at radius 1 is 1.20 bits per heavy atom.